The van der Waals surface area contributed by atoms with E-state index in [1.807, 2.05) is 6.20 Å². The molecule has 0 atom stereocenters. The highest BCUT2D eigenvalue weighted by Gasteiger charge is 2.02. The summed E-state index contributed by atoms with van der Waals surface area (Å²) in [7, 11) is 0. The van der Waals surface area contributed by atoms with E-state index in [1.165, 1.54) is 27.6 Å². The minimum atomic E-state index is 1.20. The van der Waals surface area contributed by atoms with E-state index < -0.39 is 0 Å². The van der Waals surface area contributed by atoms with Crippen molar-refractivity contribution < 1.29 is 0 Å². The maximum atomic E-state index is 3.25. The number of aryl methyl sites for hydroxylation is 1. The Hall–Kier alpha value is -2.02. The van der Waals surface area contributed by atoms with Gasteiger partial charge in [0.1, 0.15) is 0 Å². The molecule has 0 aliphatic carbocycles. The molecule has 1 nitrogen and oxygen atoms in total. The lowest BCUT2D eigenvalue weighted by Gasteiger charge is -2.05. The van der Waals surface area contributed by atoms with Crippen molar-refractivity contribution in [1.82, 2.24) is 4.98 Å². The first-order chi connectivity index (χ1) is 7.84. The van der Waals surface area contributed by atoms with Crippen LogP contribution in [0.3, 0.4) is 0 Å². The quantitative estimate of drug-likeness (QED) is 0.617. The van der Waals surface area contributed by atoms with Gasteiger partial charge in [-0.2, -0.15) is 0 Å². The molecule has 0 amide bonds. The van der Waals surface area contributed by atoms with Crippen LogP contribution in [0.25, 0.3) is 22.0 Å². The van der Waals surface area contributed by atoms with Gasteiger partial charge in [-0.25, -0.2) is 0 Å². The van der Waals surface area contributed by atoms with Crippen LogP contribution in [0, 0.1) is 6.92 Å². The number of H-pyrrole nitrogens is 1. The predicted molar refractivity (Wildman–Crippen MR) is 68.5 cm³/mol. The van der Waals surface area contributed by atoms with Gasteiger partial charge in [-0.15, -0.1) is 0 Å². The maximum Gasteiger partial charge on any atom is 0.0460 e. The highest BCUT2D eigenvalue weighted by atomic mass is 14.7. The predicted octanol–water partition coefficient (Wildman–Crippen LogP) is 4.14. The van der Waals surface area contributed by atoms with Crippen molar-refractivity contribution in [2.45, 2.75) is 6.92 Å². The first-order valence-electron chi connectivity index (χ1n) is 5.48. The van der Waals surface area contributed by atoms with Gasteiger partial charge in [0.15, 0.2) is 0 Å². The lowest BCUT2D eigenvalue weighted by Crippen LogP contribution is -1.82. The van der Waals surface area contributed by atoms with Gasteiger partial charge in [-0.3, -0.25) is 0 Å². The first-order valence-corrected chi connectivity index (χ1v) is 5.48. The van der Waals surface area contributed by atoms with Crippen LogP contribution in [0.2, 0.25) is 0 Å². The van der Waals surface area contributed by atoms with Crippen LogP contribution in [0.15, 0.2) is 54.7 Å². The van der Waals surface area contributed by atoms with E-state index in [2.05, 4.69) is 60.4 Å². The zero-order chi connectivity index (χ0) is 11.0. The number of fused-ring (bicyclic) bond motifs is 1. The number of aromatic nitrogens is 1. The second-order valence-electron chi connectivity index (χ2n) is 4.09. The Morgan fingerprint density at radius 1 is 0.938 bits per heavy atom. The number of hydrogen-bond acceptors (Lipinski definition) is 0. The van der Waals surface area contributed by atoms with Crippen LogP contribution in [0.4, 0.5) is 0 Å². The second-order valence-corrected chi connectivity index (χ2v) is 4.09. The van der Waals surface area contributed by atoms with Crippen LogP contribution >= 0.6 is 0 Å². The lowest BCUT2D eigenvalue weighted by atomic mass is 10.00. The van der Waals surface area contributed by atoms with E-state index in [9.17, 15) is 0 Å². The Labute approximate surface area is 94.7 Å². The second kappa shape index (κ2) is 3.53. The van der Waals surface area contributed by atoms with E-state index in [0.717, 1.165) is 0 Å². The smallest absolute Gasteiger partial charge is 0.0460 e. The summed E-state index contributed by atoms with van der Waals surface area (Å²) in [5.41, 5.74) is 5.08. The Morgan fingerprint density at radius 3 is 2.69 bits per heavy atom. The van der Waals surface area contributed by atoms with Crippen LogP contribution in [-0.4, -0.2) is 4.98 Å². The molecule has 1 heterocycles. The molecule has 2 aromatic carbocycles. The molecule has 1 heteroatoms. The third-order valence-electron chi connectivity index (χ3n) is 3.01. The summed E-state index contributed by atoms with van der Waals surface area (Å²) in [5.74, 6) is 0. The van der Waals surface area contributed by atoms with Crippen molar-refractivity contribution in [2.75, 3.05) is 0 Å². The molecule has 0 radical (unpaired) electrons. The molecule has 0 fully saturated rings. The highest BCUT2D eigenvalue weighted by Crippen LogP contribution is 2.26. The molecule has 78 valence electrons. The third-order valence-corrected chi connectivity index (χ3v) is 3.01. The Kier molecular flexibility index (Phi) is 2.03. The van der Waals surface area contributed by atoms with E-state index >= 15 is 0 Å². The number of hydrogen-bond donors (Lipinski definition) is 1. The molecule has 0 aliphatic heterocycles. The zero-order valence-electron chi connectivity index (χ0n) is 9.20. The summed E-state index contributed by atoms with van der Waals surface area (Å²) in [6.07, 6.45) is 1.98. The van der Waals surface area contributed by atoms with Crippen molar-refractivity contribution in [3.8, 4) is 11.1 Å². The molecule has 0 aliphatic rings. The third kappa shape index (κ3) is 1.41. The average molecular weight is 207 g/mol. The fourth-order valence-electron chi connectivity index (χ4n) is 2.11. The normalized spacial score (nSPS) is 10.8. The molecule has 1 aromatic heterocycles. The highest BCUT2D eigenvalue weighted by molar-refractivity contribution is 5.85. The van der Waals surface area contributed by atoms with E-state index in [-0.39, 0.29) is 0 Å². The van der Waals surface area contributed by atoms with Gasteiger partial charge in [0, 0.05) is 11.7 Å². The molecule has 3 aromatic rings. The van der Waals surface area contributed by atoms with Crippen LogP contribution in [0.1, 0.15) is 5.56 Å². The topological polar surface area (TPSA) is 15.8 Å². The molecule has 0 bridgehead atoms. The monoisotopic (exact) mass is 207 g/mol. The zero-order valence-corrected chi connectivity index (χ0v) is 9.20. The van der Waals surface area contributed by atoms with Crippen molar-refractivity contribution in [1.29, 1.82) is 0 Å². The van der Waals surface area contributed by atoms with Gasteiger partial charge in [-0.05, 0) is 41.1 Å². The van der Waals surface area contributed by atoms with Crippen molar-refractivity contribution in [3.05, 3.63) is 60.3 Å². The van der Waals surface area contributed by atoms with Crippen LogP contribution in [0.5, 0.6) is 0 Å². The fraction of sp³-hybridized carbons (Fsp3) is 0.0667. The summed E-state index contributed by atoms with van der Waals surface area (Å²) in [6, 6.07) is 17.1. The van der Waals surface area contributed by atoms with Gasteiger partial charge in [-0.1, -0.05) is 36.4 Å². The summed E-state index contributed by atoms with van der Waals surface area (Å²) < 4.78 is 0. The van der Waals surface area contributed by atoms with Gasteiger partial charge < -0.3 is 4.98 Å². The van der Waals surface area contributed by atoms with Crippen LogP contribution in [-0.2, 0) is 0 Å². The first kappa shape index (κ1) is 9.22. The van der Waals surface area contributed by atoms with Crippen molar-refractivity contribution in [3.63, 3.8) is 0 Å². The van der Waals surface area contributed by atoms with Crippen molar-refractivity contribution in [2.24, 2.45) is 0 Å². The Morgan fingerprint density at radius 2 is 1.81 bits per heavy atom. The molecule has 1 N–H and O–H groups in total. The van der Waals surface area contributed by atoms with Gasteiger partial charge in [0.05, 0.1) is 0 Å². The molecule has 3 rings (SSSR count). The Bertz CT molecular complexity index is 634. The average Bonchev–Trinajstić information content (AvgIpc) is 2.76. The lowest BCUT2D eigenvalue weighted by molar-refractivity contribution is 1.45. The Balaban J connectivity index is 2.22. The molecule has 0 spiro atoms. The van der Waals surface area contributed by atoms with E-state index in [1.54, 1.807) is 0 Å². The van der Waals surface area contributed by atoms with Gasteiger partial charge in [0.2, 0.25) is 0 Å². The van der Waals surface area contributed by atoms with E-state index in [4.69, 9.17) is 0 Å². The number of aromatic amines is 1. The fourth-order valence-corrected chi connectivity index (χ4v) is 2.11. The molecule has 16 heavy (non-hydrogen) atoms. The minimum Gasteiger partial charge on any atom is -0.361 e. The van der Waals surface area contributed by atoms with E-state index in [0.29, 0.717) is 0 Å². The SMILES string of the molecule is Cc1ccccc1-c1ccc2cc[nH]c2c1. The summed E-state index contributed by atoms with van der Waals surface area (Å²) in [6.45, 7) is 2.15. The molecule has 0 unspecified atom stereocenters. The molecular formula is C15H13N. The van der Waals surface area contributed by atoms with Gasteiger partial charge >= 0.3 is 0 Å². The summed E-state index contributed by atoms with van der Waals surface area (Å²) in [5, 5.41) is 1.26. The van der Waals surface area contributed by atoms with Crippen LogP contribution < -0.4 is 0 Å². The maximum absolute atomic E-state index is 3.25. The number of rotatable bonds is 1. The number of nitrogens with one attached hydrogen (secondary N) is 1. The van der Waals surface area contributed by atoms with Gasteiger partial charge in [0.25, 0.3) is 0 Å². The standard InChI is InChI=1S/C15H13N/c1-11-4-2-3-5-14(11)13-7-6-12-8-9-16-15(12)10-13/h2-10,16H,1H3. The van der Waals surface area contributed by atoms with Crippen molar-refractivity contribution >= 4 is 10.9 Å². The molecular weight excluding hydrogens is 194 g/mol. The summed E-state index contributed by atoms with van der Waals surface area (Å²) >= 11 is 0. The largest absolute Gasteiger partial charge is 0.361 e. The minimum absolute atomic E-state index is 1.20. The number of benzene rings is 2. The molecule has 0 saturated heterocycles. The summed E-state index contributed by atoms with van der Waals surface area (Å²) in [4.78, 5) is 3.25. The molecule has 0 saturated carbocycles.